The molecule has 100 valence electrons. The monoisotopic (exact) mass is 283 g/mol. The first-order valence-electron chi connectivity index (χ1n) is 6.34. The Labute approximate surface area is 123 Å². The quantitative estimate of drug-likeness (QED) is 0.596. The maximum absolute atomic E-state index is 9.35. The Morgan fingerprint density at radius 3 is 2.75 bits per heavy atom. The molecule has 0 amide bonds. The average molecular weight is 284 g/mol. The normalized spacial score (nSPS) is 10.9. The van der Waals surface area contributed by atoms with E-state index in [0.29, 0.717) is 17.2 Å². The van der Waals surface area contributed by atoms with Gasteiger partial charge < -0.3 is 4.74 Å². The van der Waals surface area contributed by atoms with Crippen LogP contribution in [0.25, 0.3) is 11.6 Å². The van der Waals surface area contributed by atoms with Gasteiger partial charge >= 0.3 is 0 Å². The molecule has 0 radical (unpaired) electrons. The van der Waals surface area contributed by atoms with E-state index in [-0.39, 0.29) is 0 Å². The van der Waals surface area contributed by atoms with Crippen LogP contribution >= 0.6 is 11.6 Å². The van der Waals surface area contributed by atoms with Crippen molar-refractivity contribution in [2.45, 2.75) is 6.92 Å². The first-order chi connectivity index (χ1) is 9.74. The molecule has 2 aromatic carbocycles. The zero-order chi connectivity index (χ0) is 14.4. The van der Waals surface area contributed by atoms with Crippen LogP contribution in [0.2, 0.25) is 5.02 Å². The molecule has 0 saturated carbocycles. The van der Waals surface area contributed by atoms with Crippen LogP contribution in [0.1, 0.15) is 18.1 Å². The summed E-state index contributed by atoms with van der Waals surface area (Å²) >= 11 is 5.97. The fourth-order valence-corrected chi connectivity index (χ4v) is 2.07. The van der Waals surface area contributed by atoms with Crippen LogP contribution in [0.4, 0.5) is 0 Å². The number of para-hydroxylation sites is 1. The van der Waals surface area contributed by atoms with Crippen molar-refractivity contribution < 1.29 is 4.74 Å². The summed E-state index contributed by atoms with van der Waals surface area (Å²) in [5, 5.41) is 9.96. The molecule has 0 N–H and O–H groups in total. The van der Waals surface area contributed by atoms with Crippen molar-refractivity contribution in [3.63, 3.8) is 0 Å². The first-order valence-corrected chi connectivity index (χ1v) is 6.72. The Morgan fingerprint density at radius 1 is 1.25 bits per heavy atom. The summed E-state index contributed by atoms with van der Waals surface area (Å²) in [5.74, 6) is 0.768. The van der Waals surface area contributed by atoms with E-state index in [4.69, 9.17) is 16.3 Å². The minimum Gasteiger partial charge on any atom is -0.493 e. The lowest BCUT2D eigenvalue weighted by Gasteiger charge is -2.07. The molecule has 0 atom stereocenters. The van der Waals surface area contributed by atoms with Gasteiger partial charge in [0.1, 0.15) is 5.75 Å². The van der Waals surface area contributed by atoms with Gasteiger partial charge in [0.2, 0.25) is 0 Å². The SMILES string of the molecule is CCOc1ccccc1/C=C(/C#N)c1cccc(Cl)c1. The highest BCUT2D eigenvalue weighted by atomic mass is 35.5. The van der Waals surface area contributed by atoms with Gasteiger partial charge in [0.25, 0.3) is 0 Å². The van der Waals surface area contributed by atoms with Gasteiger partial charge in [-0.05, 0) is 36.8 Å². The molecular formula is C17H14ClNO. The van der Waals surface area contributed by atoms with Gasteiger partial charge in [-0.25, -0.2) is 0 Å². The van der Waals surface area contributed by atoms with Crippen LogP contribution in [-0.4, -0.2) is 6.61 Å². The van der Waals surface area contributed by atoms with Gasteiger partial charge in [-0.3, -0.25) is 0 Å². The molecule has 0 fully saturated rings. The van der Waals surface area contributed by atoms with Crippen LogP contribution in [0.15, 0.2) is 48.5 Å². The molecule has 0 unspecified atom stereocenters. The lowest BCUT2D eigenvalue weighted by molar-refractivity contribution is 0.339. The number of ether oxygens (including phenoxy) is 1. The summed E-state index contributed by atoms with van der Waals surface area (Å²) in [7, 11) is 0. The molecule has 2 rings (SSSR count). The lowest BCUT2D eigenvalue weighted by Crippen LogP contribution is -1.93. The molecular weight excluding hydrogens is 270 g/mol. The van der Waals surface area contributed by atoms with Crippen LogP contribution in [0.5, 0.6) is 5.75 Å². The molecule has 0 bridgehead atoms. The van der Waals surface area contributed by atoms with Crippen molar-refractivity contribution in [1.82, 2.24) is 0 Å². The number of hydrogen-bond donors (Lipinski definition) is 0. The second-order valence-corrected chi connectivity index (χ2v) is 4.59. The van der Waals surface area contributed by atoms with Gasteiger partial charge in [-0.1, -0.05) is 41.9 Å². The molecule has 0 aromatic heterocycles. The molecule has 2 nitrogen and oxygen atoms in total. The molecule has 0 saturated heterocycles. The molecule has 3 heteroatoms. The number of benzene rings is 2. The van der Waals surface area contributed by atoms with Crippen LogP contribution < -0.4 is 4.74 Å². The average Bonchev–Trinajstić information content (AvgIpc) is 2.46. The Morgan fingerprint density at radius 2 is 2.05 bits per heavy atom. The molecule has 0 heterocycles. The van der Waals surface area contributed by atoms with Gasteiger partial charge in [0, 0.05) is 10.6 Å². The number of nitrogens with zero attached hydrogens (tertiary/aromatic N) is 1. The van der Waals surface area contributed by atoms with Crippen molar-refractivity contribution in [3.05, 3.63) is 64.7 Å². The van der Waals surface area contributed by atoms with Crippen LogP contribution in [-0.2, 0) is 0 Å². The fraction of sp³-hybridized carbons (Fsp3) is 0.118. The third-order valence-corrected chi connectivity index (χ3v) is 3.01. The van der Waals surface area contributed by atoms with Crippen molar-refractivity contribution in [2.24, 2.45) is 0 Å². The summed E-state index contributed by atoms with van der Waals surface area (Å²) < 4.78 is 5.56. The minimum absolute atomic E-state index is 0.555. The predicted molar refractivity (Wildman–Crippen MR) is 82.5 cm³/mol. The van der Waals surface area contributed by atoms with Gasteiger partial charge in [0.05, 0.1) is 18.2 Å². The number of halogens is 1. The molecule has 0 aliphatic carbocycles. The number of nitriles is 1. The van der Waals surface area contributed by atoms with Crippen molar-refractivity contribution in [2.75, 3.05) is 6.61 Å². The maximum atomic E-state index is 9.35. The predicted octanol–water partition coefficient (Wildman–Crippen LogP) is 4.80. The second-order valence-electron chi connectivity index (χ2n) is 4.15. The summed E-state index contributed by atoms with van der Waals surface area (Å²) in [6.45, 7) is 2.52. The summed E-state index contributed by atoms with van der Waals surface area (Å²) in [6, 6.07) is 17.1. The molecule has 0 aliphatic rings. The van der Waals surface area contributed by atoms with E-state index in [9.17, 15) is 5.26 Å². The van der Waals surface area contributed by atoms with Crippen LogP contribution in [0.3, 0.4) is 0 Å². The summed E-state index contributed by atoms with van der Waals surface area (Å²) in [6.07, 6.45) is 1.82. The minimum atomic E-state index is 0.555. The Bertz CT molecular complexity index is 671. The van der Waals surface area contributed by atoms with Gasteiger partial charge in [-0.15, -0.1) is 0 Å². The zero-order valence-electron chi connectivity index (χ0n) is 11.1. The smallest absolute Gasteiger partial charge is 0.126 e. The molecule has 0 aliphatic heterocycles. The fourth-order valence-electron chi connectivity index (χ4n) is 1.88. The first kappa shape index (κ1) is 14.2. The second kappa shape index (κ2) is 6.79. The van der Waals surface area contributed by atoms with E-state index >= 15 is 0 Å². The van der Waals surface area contributed by atoms with E-state index in [1.54, 1.807) is 12.1 Å². The number of rotatable bonds is 4. The Hall–Kier alpha value is -2.24. The topological polar surface area (TPSA) is 33.0 Å². The standard InChI is InChI=1S/C17H14ClNO/c1-2-20-17-9-4-3-6-14(17)10-15(12-19)13-7-5-8-16(18)11-13/h3-11H,2H2,1H3/b15-10-. The number of allylic oxidation sites excluding steroid dienone is 1. The molecule has 0 spiro atoms. The molecule has 20 heavy (non-hydrogen) atoms. The van der Waals surface area contributed by atoms with Crippen molar-refractivity contribution in [3.8, 4) is 11.8 Å². The summed E-state index contributed by atoms with van der Waals surface area (Å²) in [5.41, 5.74) is 2.23. The van der Waals surface area contributed by atoms with E-state index in [2.05, 4.69) is 6.07 Å². The summed E-state index contributed by atoms with van der Waals surface area (Å²) in [4.78, 5) is 0. The maximum Gasteiger partial charge on any atom is 0.126 e. The van der Waals surface area contributed by atoms with Crippen LogP contribution in [0, 0.1) is 11.3 Å². The lowest BCUT2D eigenvalue weighted by atomic mass is 10.0. The van der Waals surface area contributed by atoms with E-state index in [0.717, 1.165) is 16.9 Å². The van der Waals surface area contributed by atoms with E-state index < -0.39 is 0 Å². The van der Waals surface area contributed by atoms with Gasteiger partial charge in [0.15, 0.2) is 0 Å². The Kier molecular flexibility index (Phi) is 4.81. The van der Waals surface area contributed by atoms with Gasteiger partial charge in [-0.2, -0.15) is 5.26 Å². The highest BCUT2D eigenvalue weighted by molar-refractivity contribution is 6.30. The van der Waals surface area contributed by atoms with E-state index in [1.165, 1.54) is 0 Å². The molecule has 2 aromatic rings. The zero-order valence-corrected chi connectivity index (χ0v) is 11.9. The van der Waals surface area contributed by atoms with E-state index in [1.807, 2.05) is 49.4 Å². The highest BCUT2D eigenvalue weighted by Gasteiger charge is 2.05. The Balaban J connectivity index is 2.44. The van der Waals surface area contributed by atoms with Crippen molar-refractivity contribution >= 4 is 23.3 Å². The third kappa shape index (κ3) is 3.40. The largest absolute Gasteiger partial charge is 0.493 e. The third-order valence-electron chi connectivity index (χ3n) is 2.77. The highest BCUT2D eigenvalue weighted by Crippen LogP contribution is 2.25. The number of hydrogen-bond acceptors (Lipinski definition) is 2. The van der Waals surface area contributed by atoms with Crippen molar-refractivity contribution in [1.29, 1.82) is 5.26 Å².